The molecule has 2 heterocycles. The summed E-state index contributed by atoms with van der Waals surface area (Å²) in [7, 11) is 0. The fourth-order valence-corrected chi connectivity index (χ4v) is 5.09. The molecule has 1 aliphatic heterocycles. The maximum absolute atomic E-state index is 13.6. The van der Waals surface area contributed by atoms with Gasteiger partial charge in [0.1, 0.15) is 5.82 Å². The minimum absolute atomic E-state index is 0.123. The highest BCUT2D eigenvalue weighted by atomic mass is 32.2. The SMILES string of the molecule is Fc1ccc2c(c1)C(NC(c1cccs1)C1CC1)CCS2. The Bertz CT molecular complexity index is 622. The number of hydrogen-bond donors (Lipinski definition) is 1. The molecule has 1 fully saturated rings. The molecule has 4 heteroatoms. The topological polar surface area (TPSA) is 12.0 Å². The van der Waals surface area contributed by atoms with Crippen LogP contribution in [0.3, 0.4) is 0 Å². The molecule has 1 nitrogen and oxygen atoms in total. The zero-order valence-corrected chi connectivity index (χ0v) is 13.4. The van der Waals surface area contributed by atoms with E-state index in [0.717, 1.165) is 23.7 Å². The van der Waals surface area contributed by atoms with Crippen LogP contribution in [0.2, 0.25) is 0 Å². The van der Waals surface area contributed by atoms with Crippen molar-refractivity contribution >= 4 is 23.1 Å². The van der Waals surface area contributed by atoms with Gasteiger partial charge in [-0.1, -0.05) is 6.07 Å². The van der Waals surface area contributed by atoms with Crippen LogP contribution in [0.5, 0.6) is 0 Å². The number of halogens is 1. The van der Waals surface area contributed by atoms with E-state index >= 15 is 0 Å². The molecule has 1 aromatic carbocycles. The minimum atomic E-state index is -0.123. The molecule has 0 bridgehead atoms. The van der Waals surface area contributed by atoms with Crippen LogP contribution in [0.15, 0.2) is 40.6 Å². The number of nitrogens with one attached hydrogen (secondary N) is 1. The summed E-state index contributed by atoms with van der Waals surface area (Å²) in [4.78, 5) is 2.66. The first kappa shape index (κ1) is 13.8. The van der Waals surface area contributed by atoms with Crippen LogP contribution in [0, 0.1) is 11.7 Å². The smallest absolute Gasteiger partial charge is 0.123 e. The van der Waals surface area contributed by atoms with Crippen LogP contribution >= 0.6 is 23.1 Å². The first-order valence-electron chi connectivity index (χ1n) is 7.53. The second kappa shape index (κ2) is 5.75. The van der Waals surface area contributed by atoms with E-state index in [1.165, 1.54) is 22.6 Å². The summed E-state index contributed by atoms with van der Waals surface area (Å²) in [6.07, 6.45) is 3.70. The maximum Gasteiger partial charge on any atom is 0.123 e. The van der Waals surface area contributed by atoms with E-state index in [2.05, 4.69) is 22.8 Å². The lowest BCUT2D eigenvalue weighted by Crippen LogP contribution is -2.29. The summed E-state index contributed by atoms with van der Waals surface area (Å²) in [5.74, 6) is 1.75. The van der Waals surface area contributed by atoms with Crippen LogP contribution in [0.25, 0.3) is 0 Å². The third-order valence-corrected chi connectivity index (χ3v) is 6.41. The summed E-state index contributed by atoms with van der Waals surface area (Å²) in [5, 5.41) is 5.98. The molecule has 0 amide bonds. The van der Waals surface area contributed by atoms with Crippen molar-refractivity contribution in [1.82, 2.24) is 5.32 Å². The third kappa shape index (κ3) is 2.89. The van der Waals surface area contributed by atoms with Crippen LogP contribution in [0.4, 0.5) is 4.39 Å². The van der Waals surface area contributed by atoms with Gasteiger partial charge in [0, 0.05) is 21.9 Å². The lowest BCUT2D eigenvalue weighted by molar-refractivity contribution is 0.401. The van der Waals surface area contributed by atoms with E-state index in [0.29, 0.717) is 6.04 Å². The molecular formula is C17H18FNS2. The molecule has 0 spiro atoms. The normalized spacial score (nSPS) is 22.8. The van der Waals surface area contributed by atoms with Crippen molar-refractivity contribution in [2.24, 2.45) is 5.92 Å². The van der Waals surface area contributed by atoms with Gasteiger partial charge in [0.2, 0.25) is 0 Å². The van der Waals surface area contributed by atoms with Crippen molar-refractivity contribution in [1.29, 1.82) is 0 Å². The maximum atomic E-state index is 13.6. The minimum Gasteiger partial charge on any atom is -0.302 e. The Kier molecular flexibility index (Phi) is 3.78. The summed E-state index contributed by atoms with van der Waals surface area (Å²) in [6.45, 7) is 0. The monoisotopic (exact) mass is 319 g/mol. The molecule has 2 aliphatic rings. The van der Waals surface area contributed by atoms with Crippen LogP contribution in [0.1, 0.15) is 41.8 Å². The molecule has 21 heavy (non-hydrogen) atoms. The van der Waals surface area contributed by atoms with E-state index in [4.69, 9.17) is 0 Å². The molecule has 1 N–H and O–H groups in total. The number of hydrogen-bond acceptors (Lipinski definition) is 3. The average Bonchev–Trinajstić information content (AvgIpc) is 3.19. The van der Waals surface area contributed by atoms with E-state index in [9.17, 15) is 4.39 Å². The second-order valence-electron chi connectivity index (χ2n) is 5.87. The molecule has 1 aliphatic carbocycles. The van der Waals surface area contributed by atoms with E-state index in [1.807, 2.05) is 29.2 Å². The number of benzene rings is 1. The first-order chi connectivity index (χ1) is 10.3. The third-order valence-electron chi connectivity index (χ3n) is 4.34. The Hall–Kier alpha value is -0.840. The van der Waals surface area contributed by atoms with Gasteiger partial charge >= 0.3 is 0 Å². The van der Waals surface area contributed by atoms with Crippen molar-refractivity contribution in [2.75, 3.05) is 5.75 Å². The van der Waals surface area contributed by atoms with E-state index in [-0.39, 0.29) is 11.9 Å². The molecule has 2 unspecified atom stereocenters. The highest BCUT2D eigenvalue weighted by Gasteiger charge is 2.35. The Morgan fingerprint density at radius 2 is 2.10 bits per heavy atom. The largest absolute Gasteiger partial charge is 0.302 e. The van der Waals surface area contributed by atoms with Crippen molar-refractivity contribution in [3.63, 3.8) is 0 Å². The van der Waals surface area contributed by atoms with Gasteiger partial charge in [0.05, 0.1) is 0 Å². The molecule has 1 aromatic heterocycles. The standard InChI is InChI=1S/C17H18FNS2/c18-12-5-6-15-13(10-12)14(7-9-21-15)19-17(11-3-4-11)16-2-1-8-20-16/h1-2,5-6,8,10-11,14,17,19H,3-4,7,9H2. The van der Waals surface area contributed by atoms with Crippen molar-refractivity contribution in [2.45, 2.75) is 36.2 Å². The summed E-state index contributed by atoms with van der Waals surface area (Å²) < 4.78 is 13.6. The highest BCUT2D eigenvalue weighted by Crippen LogP contribution is 2.45. The first-order valence-corrected chi connectivity index (χ1v) is 9.39. The predicted octanol–water partition coefficient (Wildman–Crippen LogP) is 5.17. The molecular weight excluding hydrogens is 301 g/mol. The number of rotatable bonds is 4. The van der Waals surface area contributed by atoms with Gasteiger partial charge < -0.3 is 5.32 Å². The van der Waals surface area contributed by atoms with Crippen LogP contribution in [-0.4, -0.2) is 5.75 Å². The Morgan fingerprint density at radius 1 is 1.19 bits per heavy atom. The Morgan fingerprint density at radius 3 is 2.86 bits per heavy atom. The molecule has 2 atom stereocenters. The van der Waals surface area contributed by atoms with Crippen molar-refractivity contribution in [3.05, 3.63) is 52.0 Å². The number of thiophene rings is 1. The van der Waals surface area contributed by atoms with Gasteiger partial charge in [-0.3, -0.25) is 0 Å². The van der Waals surface area contributed by atoms with Gasteiger partial charge in [0.15, 0.2) is 0 Å². The van der Waals surface area contributed by atoms with E-state index < -0.39 is 0 Å². The average molecular weight is 319 g/mol. The Labute approximate surface area is 133 Å². The fraction of sp³-hybridized carbons (Fsp3) is 0.412. The zero-order chi connectivity index (χ0) is 14.2. The van der Waals surface area contributed by atoms with Crippen molar-refractivity contribution < 1.29 is 4.39 Å². The fourth-order valence-electron chi connectivity index (χ4n) is 3.10. The molecule has 1 saturated carbocycles. The van der Waals surface area contributed by atoms with Gasteiger partial charge in [0.25, 0.3) is 0 Å². The summed E-state index contributed by atoms with van der Waals surface area (Å²) in [6, 6.07) is 10.3. The second-order valence-corrected chi connectivity index (χ2v) is 7.99. The molecule has 0 radical (unpaired) electrons. The van der Waals surface area contributed by atoms with Crippen molar-refractivity contribution in [3.8, 4) is 0 Å². The van der Waals surface area contributed by atoms with Crippen LogP contribution in [-0.2, 0) is 0 Å². The van der Waals surface area contributed by atoms with Gasteiger partial charge in [-0.25, -0.2) is 4.39 Å². The van der Waals surface area contributed by atoms with Gasteiger partial charge in [-0.15, -0.1) is 23.1 Å². The highest BCUT2D eigenvalue weighted by molar-refractivity contribution is 7.99. The van der Waals surface area contributed by atoms with Gasteiger partial charge in [-0.05, 0) is 66.1 Å². The molecule has 4 rings (SSSR count). The van der Waals surface area contributed by atoms with E-state index in [1.54, 1.807) is 12.1 Å². The Balaban J connectivity index is 1.61. The summed E-state index contributed by atoms with van der Waals surface area (Å²) >= 11 is 3.68. The number of fused-ring (bicyclic) bond motifs is 1. The predicted molar refractivity (Wildman–Crippen MR) is 87.4 cm³/mol. The number of thioether (sulfide) groups is 1. The molecule has 0 saturated heterocycles. The quantitative estimate of drug-likeness (QED) is 0.835. The molecule has 2 aromatic rings. The summed E-state index contributed by atoms with van der Waals surface area (Å²) in [5.41, 5.74) is 1.15. The van der Waals surface area contributed by atoms with Gasteiger partial charge in [-0.2, -0.15) is 0 Å². The lowest BCUT2D eigenvalue weighted by atomic mass is 10.0. The van der Waals surface area contributed by atoms with Crippen LogP contribution < -0.4 is 5.32 Å². The lowest BCUT2D eigenvalue weighted by Gasteiger charge is -2.30. The molecule has 110 valence electrons. The zero-order valence-electron chi connectivity index (χ0n) is 11.7.